The minimum atomic E-state index is -0.945. The number of ether oxygens (including phenoxy) is 2. The molecule has 1 aliphatic heterocycles. The van der Waals surface area contributed by atoms with Crippen LogP contribution in [0.3, 0.4) is 0 Å². The first-order valence-electron chi connectivity index (χ1n) is 9.20. The molecule has 0 spiro atoms. The zero-order chi connectivity index (χ0) is 20.5. The molecule has 0 saturated carbocycles. The number of carbonyl (C=O) groups is 3. The van der Waals surface area contributed by atoms with E-state index in [0.29, 0.717) is 19.4 Å². The van der Waals surface area contributed by atoms with Gasteiger partial charge in [0.2, 0.25) is 5.91 Å². The number of benzene rings is 1. The van der Waals surface area contributed by atoms with Crippen molar-refractivity contribution >= 4 is 18.0 Å². The average Bonchev–Trinajstić information content (AvgIpc) is 3.20. The van der Waals surface area contributed by atoms with Crippen LogP contribution in [0.2, 0.25) is 0 Å². The minimum Gasteiger partial charge on any atom is -0.467 e. The summed E-state index contributed by atoms with van der Waals surface area (Å²) in [5.41, 5.74) is 0.854. The number of likely N-dealkylation sites (tertiary alicyclic amines) is 1. The van der Waals surface area contributed by atoms with Gasteiger partial charge in [0.05, 0.1) is 13.2 Å². The summed E-state index contributed by atoms with van der Waals surface area (Å²) < 4.78 is 10.1. The number of carbonyl (C=O) groups excluding carboxylic acids is 3. The third kappa shape index (κ3) is 5.46. The maximum absolute atomic E-state index is 12.7. The van der Waals surface area contributed by atoms with Crippen molar-refractivity contribution in [3.8, 4) is 6.07 Å². The minimum absolute atomic E-state index is 0.0908. The van der Waals surface area contributed by atoms with E-state index in [1.807, 2.05) is 36.4 Å². The molecule has 0 bridgehead atoms. The first-order valence-corrected chi connectivity index (χ1v) is 9.20. The highest BCUT2D eigenvalue weighted by molar-refractivity contribution is 5.90. The van der Waals surface area contributed by atoms with Gasteiger partial charge in [-0.1, -0.05) is 37.3 Å². The van der Waals surface area contributed by atoms with Crippen molar-refractivity contribution in [2.45, 2.75) is 44.9 Å². The third-order valence-corrected chi connectivity index (χ3v) is 4.73. The summed E-state index contributed by atoms with van der Waals surface area (Å²) in [6.07, 6.45) is 0.663. The van der Waals surface area contributed by atoms with Crippen molar-refractivity contribution in [2.24, 2.45) is 5.92 Å². The highest BCUT2D eigenvalue weighted by Gasteiger charge is 2.38. The Morgan fingerprint density at radius 2 is 2.04 bits per heavy atom. The monoisotopic (exact) mass is 387 g/mol. The number of nitriles is 1. The Kier molecular flexibility index (Phi) is 7.81. The number of rotatable bonds is 7. The second-order valence-electron chi connectivity index (χ2n) is 6.74. The van der Waals surface area contributed by atoms with E-state index in [0.717, 1.165) is 5.56 Å². The quantitative estimate of drug-likeness (QED) is 0.717. The predicted molar refractivity (Wildman–Crippen MR) is 99.7 cm³/mol. The zero-order valence-corrected chi connectivity index (χ0v) is 16.1. The lowest BCUT2D eigenvalue weighted by atomic mass is 9.98. The second-order valence-corrected chi connectivity index (χ2v) is 6.74. The van der Waals surface area contributed by atoms with Gasteiger partial charge in [0, 0.05) is 18.9 Å². The standard InChI is InChI=1S/C20H25N3O5/c1-14(10-11-21)17(19(25)27-2)22-18(24)16-9-6-12-23(16)20(26)28-13-15-7-4-3-5-8-15/h3-5,7-8,14,16-17H,6,9-10,12-13H2,1-2H3,(H,22,24)/t14-,16+,17+/m0/s1. The van der Waals surface area contributed by atoms with Crippen LogP contribution in [0, 0.1) is 17.2 Å². The molecular formula is C20H25N3O5. The zero-order valence-electron chi connectivity index (χ0n) is 16.1. The number of hydrogen-bond acceptors (Lipinski definition) is 6. The van der Waals surface area contributed by atoms with E-state index in [9.17, 15) is 14.4 Å². The smallest absolute Gasteiger partial charge is 0.410 e. The molecular weight excluding hydrogens is 362 g/mol. The fraction of sp³-hybridized carbons (Fsp3) is 0.500. The predicted octanol–water partition coefficient (Wildman–Crippen LogP) is 2.00. The summed E-state index contributed by atoms with van der Waals surface area (Å²) in [5, 5.41) is 11.5. The van der Waals surface area contributed by atoms with E-state index >= 15 is 0 Å². The lowest BCUT2D eigenvalue weighted by Crippen LogP contribution is -2.53. The van der Waals surface area contributed by atoms with Crippen molar-refractivity contribution in [3.63, 3.8) is 0 Å². The third-order valence-electron chi connectivity index (χ3n) is 4.73. The maximum Gasteiger partial charge on any atom is 0.410 e. The van der Waals surface area contributed by atoms with E-state index in [1.54, 1.807) is 6.92 Å². The first-order chi connectivity index (χ1) is 13.5. The van der Waals surface area contributed by atoms with E-state index in [4.69, 9.17) is 14.7 Å². The highest BCUT2D eigenvalue weighted by Crippen LogP contribution is 2.20. The number of hydrogen-bond donors (Lipinski definition) is 1. The van der Waals surface area contributed by atoms with E-state index in [2.05, 4.69) is 5.32 Å². The summed E-state index contributed by atoms with van der Waals surface area (Å²) in [7, 11) is 1.23. The fourth-order valence-corrected chi connectivity index (χ4v) is 3.13. The van der Waals surface area contributed by atoms with Crippen LogP contribution in [0.5, 0.6) is 0 Å². The molecule has 3 atom stereocenters. The SMILES string of the molecule is COC(=O)[C@H](NC(=O)[C@H]1CCCN1C(=O)OCc1ccccc1)[C@@H](C)CC#N. The number of amides is 2. The van der Waals surface area contributed by atoms with Crippen LogP contribution in [-0.2, 0) is 25.7 Å². The molecule has 2 rings (SSSR count). The Morgan fingerprint density at radius 1 is 1.32 bits per heavy atom. The molecule has 2 amide bonds. The molecule has 1 fully saturated rings. The molecule has 1 saturated heterocycles. The maximum atomic E-state index is 12.7. The summed E-state index contributed by atoms with van der Waals surface area (Å²) in [6.45, 7) is 2.21. The number of nitrogens with one attached hydrogen (secondary N) is 1. The lowest BCUT2D eigenvalue weighted by Gasteiger charge is -2.27. The molecule has 150 valence electrons. The van der Waals surface area contributed by atoms with Crippen molar-refractivity contribution < 1.29 is 23.9 Å². The van der Waals surface area contributed by atoms with Crippen LogP contribution in [0.4, 0.5) is 4.79 Å². The second kappa shape index (κ2) is 10.3. The van der Waals surface area contributed by atoms with Gasteiger partial charge in [0.1, 0.15) is 18.7 Å². The van der Waals surface area contributed by atoms with Crippen LogP contribution in [0.1, 0.15) is 31.7 Å². The van der Waals surface area contributed by atoms with E-state index in [-0.39, 0.29) is 13.0 Å². The van der Waals surface area contributed by atoms with E-state index < -0.39 is 36.0 Å². The van der Waals surface area contributed by atoms with Gasteiger partial charge >= 0.3 is 12.1 Å². The van der Waals surface area contributed by atoms with Gasteiger partial charge in [-0.05, 0) is 18.4 Å². The molecule has 0 aliphatic carbocycles. The van der Waals surface area contributed by atoms with Crippen LogP contribution in [-0.4, -0.2) is 48.6 Å². The van der Waals surface area contributed by atoms with Crippen molar-refractivity contribution in [1.29, 1.82) is 5.26 Å². The summed E-state index contributed by atoms with van der Waals surface area (Å²) in [5.74, 6) is -1.48. The van der Waals surface area contributed by atoms with Crippen molar-refractivity contribution in [1.82, 2.24) is 10.2 Å². The summed E-state index contributed by atoms with van der Waals surface area (Å²) >= 11 is 0. The molecule has 0 radical (unpaired) electrons. The molecule has 1 N–H and O–H groups in total. The summed E-state index contributed by atoms with van der Waals surface area (Å²) in [4.78, 5) is 38.5. The molecule has 1 aromatic carbocycles. The Bertz CT molecular complexity index is 731. The molecule has 1 aromatic rings. The van der Waals surface area contributed by atoms with Crippen LogP contribution in [0.25, 0.3) is 0 Å². The topological polar surface area (TPSA) is 109 Å². The van der Waals surface area contributed by atoms with E-state index in [1.165, 1.54) is 12.0 Å². The van der Waals surface area contributed by atoms with Gasteiger partial charge < -0.3 is 14.8 Å². The number of methoxy groups -OCH3 is 1. The van der Waals surface area contributed by atoms with Crippen LogP contribution < -0.4 is 5.32 Å². The Labute approximate surface area is 164 Å². The normalized spacial score (nSPS) is 17.9. The summed E-state index contributed by atoms with van der Waals surface area (Å²) in [6, 6.07) is 9.59. The Balaban J connectivity index is 1.99. The van der Waals surface area contributed by atoms with Crippen LogP contribution in [0.15, 0.2) is 30.3 Å². The van der Waals surface area contributed by atoms with Gasteiger partial charge in [-0.2, -0.15) is 5.26 Å². The fourth-order valence-electron chi connectivity index (χ4n) is 3.13. The van der Waals surface area contributed by atoms with Crippen LogP contribution >= 0.6 is 0 Å². The van der Waals surface area contributed by atoms with Gasteiger partial charge in [-0.3, -0.25) is 9.69 Å². The van der Waals surface area contributed by atoms with Crippen molar-refractivity contribution in [2.75, 3.05) is 13.7 Å². The molecule has 1 heterocycles. The van der Waals surface area contributed by atoms with Gasteiger partial charge in [-0.25, -0.2) is 9.59 Å². The largest absolute Gasteiger partial charge is 0.467 e. The molecule has 1 aliphatic rings. The lowest BCUT2D eigenvalue weighted by molar-refractivity contribution is -0.147. The van der Waals surface area contributed by atoms with Gasteiger partial charge in [0.15, 0.2) is 0 Å². The molecule has 28 heavy (non-hydrogen) atoms. The average molecular weight is 387 g/mol. The van der Waals surface area contributed by atoms with Gasteiger partial charge in [0.25, 0.3) is 0 Å². The first kappa shape index (κ1) is 21.2. The van der Waals surface area contributed by atoms with Gasteiger partial charge in [-0.15, -0.1) is 0 Å². The molecule has 8 nitrogen and oxygen atoms in total. The Hall–Kier alpha value is -3.08. The van der Waals surface area contributed by atoms with Crippen molar-refractivity contribution in [3.05, 3.63) is 35.9 Å². The molecule has 8 heteroatoms. The number of esters is 1. The molecule has 0 unspecified atom stereocenters. The molecule has 0 aromatic heterocycles. The highest BCUT2D eigenvalue weighted by atomic mass is 16.6. The number of nitrogens with zero attached hydrogens (tertiary/aromatic N) is 2. The Morgan fingerprint density at radius 3 is 2.68 bits per heavy atom.